The summed E-state index contributed by atoms with van der Waals surface area (Å²) < 4.78 is 7.71. The van der Waals surface area contributed by atoms with Crippen LogP contribution in [-0.2, 0) is 18.3 Å². The van der Waals surface area contributed by atoms with Crippen molar-refractivity contribution in [3.8, 4) is 0 Å². The van der Waals surface area contributed by atoms with Crippen LogP contribution in [0.1, 0.15) is 32.1 Å². The van der Waals surface area contributed by atoms with Crippen LogP contribution in [0.15, 0.2) is 29.1 Å². The van der Waals surface area contributed by atoms with Crippen molar-refractivity contribution in [1.29, 1.82) is 0 Å². The molecule has 7 nitrogen and oxygen atoms in total. The van der Waals surface area contributed by atoms with Crippen LogP contribution in [0.5, 0.6) is 0 Å². The number of nitrogens with one attached hydrogen (secondary N) is 1. The maximum absolute atomic E-state index is 12.8. The molecule has 0 bridgehead atoms. The first-order valence-corrected chi connectivity index (χ1v) is 7.81. The Kier molecular flexibility index (Phi) is 4.08. The van der Waals surface area contributed by atoms with Crippen molar-refractivity contribution in [2.75, 3.05) is 7.11 Å². The Bertz CT molecular complexity index is 1050. The van der Waals surface area contributed by atoms with E-state index in [4.69, 9.17) is 4.74 Å². The number of nitrogens with zero attached hydrogens (tertiary/aromatic N) is 2. The lowest BCUT2D eigenvalue weighted by Gasteiger charge is -2.03. The number of methoxy groups -OCH3 is 1. The number of H-pyrrole nitrogens is 1. The van der Waals surface area contributed by atoms with Crippen LogP contribution in [0.4, 0.5) is 0 Å². The normalized spacial score (nSPS) is 11.0. The van der Waals surface area contributed by atoms with E-state index in [0.717, 1.165) is 5.52 Å². The molecule has 0 aliphatic carbocycles. The lowest BCUT2D eigenvalue weighted by atomic mass is 10.1. The van der Waals surface area contributed by atoms with Crippen LogP contribution in [0, 0.1) is 13.8 Å². The number of Topliss-reactive ketones (excluding diaryl/α,β-unsaturated/α-hetero) is 1. The van der Waals surface area contributed by atoms with Gasteiger partial charge in [0, 0.05) is 12.7 Å². The molecule has 25 heavy (non-hydrogen) atoms. The van der Waals surface area contributed by atoms with Gasteiger partial charge in [0.05, 0.1) is 35.9 Å². The minimum atomic E-state index is -0.493. The van der Waals surface area contributed by atoms with Crippen LogP contribution >= 0.6 is 0 Å². The monoisotopic (exact) mass is 341 g/mol. The molecule has 0 radical (unpaired) electrons. The smallest absolute Gasteiger partial charge is 0.339 e. The van der Waals surface area contributed by atoms with Crippen LogP contribution in [0.2, 0.25) is 0 Å². The van der Waals surface area contributed by atoms with E-state index < -0.39 is 5.97 Å². The van der Waals surface area contributed by atoms with Gasteiger partial charge in [0.25, 0.3) is 0 Å². The molecule has 3 aromatic rings. The number of benzene rings is 1. The average Bonchev–Trinajstić information content (AvgIpc) is 3.03. The van der Waals surface area contributed by atoms with Crippen molar-refractivity contribution in [3.63, 3.8) is 0 Å². The number of aromatic amines is 1. The predicted molar refractivity (Wildman–Crippen MR) is 93.1 cm³/mol. The molecule has 0 fully saturated rings. The number of hydrogen-bond acceptors (Lipinski definition) is 4. The summed E-state index contributed by atoms with van der Waals surface area (Å²) in [5, 5.41) is 0. The number of para-hydroxylation sites is 2. The van der Waals surface area contributed by atoms with Crippen molar-refractivity contribution in [1.82, 2.24) is 14.1 Å². The van der Waals surface area contributed by atoms with Gasteiger partial charge >= 0.3 is 11.7 Å². The number of hydrogen-bond donors (Lipinski definition) is 1. The molecule has 7 heteroatoms. The Balaban J connectivity index is 2.04. The van der Waals surface area contributed by atoms with Crippen LogP contribution in [0.3, 0.4) is 0 Å². The lowest BCUT2D eigenvalue weighted by molar-refractivity contribution is 0.0599. The summed E-state index contributed by atoms with van der Waals surface area (Å²) in [7, 11) is 2.97. The summed E-state index contributed by atoms with van der Waals surface area (Å²) in [4.78, 5) is 40.0. The van der Waals surface area contributed by atoms with E-state index >= 15 is 0 Å². The van der Waals surface area contributed by atoms with E-state index in [1.807, 2.05) is 18.2 Å². The fourth-order valence-corrected chi connectivity index (χ4v) is 3.18. The molecule has 0 saturated carbocycles. The molecule has 2 heterocycles. The Labute approximate surface area is 143 Å². The average molecular weight is 341 g/mol. The molecule has 0 spiro atoms. The first-order valence-electron chi connectivity index (χ1n) is 7.81. The summed E-state index contributed by atoms with van der Waals surface area (Å²) in [6, 6.07) is 7.30. The molecule has 1 aromatic carbocycles. The summed E-state index contributed by atoms with van der Waals surface area (Å²) in [5.74, 6) is -0.762. The van der Waals surface area contributed by atoms with Crippen LogP contribution < -0.4 is 5.69 Å². The van der Waals surface area contributed by atoms with Gasteiger partial charge in [-0.2, -0.15) is 0 Å². The highest BCUT2D eigenvalue weighted by Crippen LogP contribution is 2.20. The van der Waals surface area contributed by atoms with Crippen molar-refractivity contribution < 1.29 is 14.3 Å². The first kappa shape index (κ1) is 16.8. The van der Waals surface area contributed by atoms with E-state index in [1.165, 1.54) is 16.2 Å². The zero-order valence-corrected chi connectivity index (χ0v) is 14.5. The van der Waals surface area contributed by atoms with Gasteiger partial charge in [-0.1, -0.05) is 12.1 Å². The molecular weight excluding hydrogens is 322 g/mol. The van der Waals surface area contributed by atoms with Gasteiger partial charge in [0.2, 0.25) is 0 Å². The predicted octanol–water partition coefficient (Wildman–Crippen LogP) is 1.95. The molecule has 0 unspecified atom stereocenters. The van der Waals surface area contributed by atoms with Crippen molar-refractivity contribution in [2.45, 2.75) is 20.4 Å². The van der Waals surface area contributed by atoms with E-state index in [-0.39, 0.29) is 18.0 Å². The number of rotatable bonds is 4. The second-order valence-corrected chi connectivity index (χ2v) is 5.96. The number of carbonyl (C=O) groups is 2. The van der Waals surface area contributed by atoms with Gasteiger partial charge in [0.15, 0.2) is 5.78 Å². The van der Waals surface area contributed by atoms with E-state index in [0.29, 0.717) is 28.0 Å². The summed E-state index contributed by atoms with van der Waals surface area (Å²) in [6.07, 6.45) is 0. The van der Waals surface area contributed by atoms with E-state index in [2.05, 4.69) is 4.98 Å². The van der Waals surface area contributed by atoms with Gasteiger partial charge in [-0.3, -0.25) is 13.9 Å². The maximum Gasteiger partial charge on any atom is 0.339 e. The van der Waals surface area contributed by atoms with Crippen LogP contribution in [0.25, 0.3) is 11.0 Å². The minimum absolute atomic E-state index is 0.110. The number of aromatic nitrogens is 3. The molecular formula is C18H19N3O4. The van der Waals surface area contributed by atoms with Gasteiger partial charge in [-0.15, -0.1) is 0 Å². The van der Waals surface area contributed by atoms with Crippen LogP contribution in [-0.4, -0.2) is 33.0 Å². The van der Waals surface area contributed by atoms with E-state index in [9.17, 15) is 14.4 Å². The Morgan fingerprint density at radius 3 is 2.44 bits per heavy atom. The third kappa shape index (κ3) is 2.57. The summed E-state index contributed by atoms with van der Waals surface area (Å²) >= 11 is 0. The second kappa shape index (κ2) is 6.08. The first-order chi connectivity index (χ1) is 11.9. The minimum Gasteiger partial charge on any atom is -0.465 e. The number of aryl methyl sites for hydroxylation is 2. The van der Waals surface area contributed by atoms with Gasteiger partial charge in [-0.05, 0) is 31.5 Å². The molecule has 1 N–H and O–H groups in total. The van der Waals surface area contributed by atoms with Gasteiger partial charge in [-0.25, -0.2) is 9.59 Å². The topological polar surface area (TPSA) is 86.1 Å². The standard InChI is InChI=1S/C18H19N3O4/c1-10-15(17(23)25-4)11(2)19-16(10)14(22)9-21-13-8-6-5-7-12(13)20(3)18(21)24/h5-8,19H,9H2,1-4H3. The number of esters is 1. The van der Waals surface area contributed by atoms with Gasteiger partial charge in [0.1, 0.15) is 0 Å². The number of fused-ring (bicyclic) bond motifs is 1. The maximum atomic E-state index is 12.8. The zero-order valence-electron chi connectivity index (χ0n) is 14.5. The Hall–Kier alpha value is -3.09. The molecule has 0 saturated heterocycles. The molecule has 0 aliphatic heterocycles. The Morgan fingerprint density at radius 1 is 1.16 bits per heavy atom. The van der Waals surface area contributed by atoms with Gasteiger partial charge < -0.3 is 9.72 Å². The quantitative estimate of drug-likeness (QED) is 0.580. The molecule has 3 rings (SSSR count). The van der Waals surface area contributed by atoms with Crippen molar-refractivity contribution in [2.24, 2.45) is 7.05 Å². The van der Waals surface area contributed by atoms with E-state index in [1.54, 1.807) is 27.0 Å². The highest BCUT2D eigenvalue weighted by molar-refractivity contribution is 6.01. The number of ketones is 1. The number of carbonyl (C=O) groups excluding carboxylic acids is 2. The SMILES string of the molecule is COC(=O)c1c(C)[nH]c(C(=O)Cn2c(=O)n(C)c3ccccc32)c1C. The summed E-state index contributed by atoms with van der Waals surface area (Å²) in [5.41, 5.74) is 2.96. The Morgan fingerprint density at radius 2 is 1.80 bits per heavy atom. The van der Waals surface area contributed by atoms with Crippen molar-refractivity contribution >= 4 is 22.8 Å². The second-order valence-electron chi connectivity index (χ2n) is 5.96. The molecule has 0 amide bonds. The molecule has 0 aliphatic rings. The summed E-state index contributed by atoms with van der Waals surface area (Å²) in [6.45, 7) is 3.29. The zero-order chi connectivity index (χ0) is 18.3. The highest BCUT2D eigenvalue weighted by Gasteiger charge is 2.23. The largest absolute Gasteiger partial charge is 0.465 e. The molecule has 130 valence electrons. The molecule has 0 atom stereocenters. The third-order valence-electron chi connectivity index (χ3n) is 4.46. The lowest BCUT2D eigenvalue weighted by Crippen LogP contribution is -2.26. The fraction of sp³-hybridized carbons (Fsp3) is 0.278. The fourth-order valence-electron chi connectivity index (χ4n) is 3.18. The third-order valence-corrected chi connectivity index (χ3v) is 4.46. The number of ether oxygens (including phenoxy) is 1. The molecule has 2 aromatic heterocycles. The highest BCUT2D eigenvalue weighted by atomic mass is 16.5. The number of imidazole rings is 1. The van der Waals surface area contributed by atoms with Crippen molar-refractivity contribution in [3.05, 3.63) is 57.3 Å².